The van der Waals surface area contributed by atoms with Gasteiger partial charge in [-0.15, -0.1) is 0 Å². The third-order valence-corrected chi connectivity index (χ3v) is 2.14. The smallest absolute Gasteiger partial charge is 0.0449 e. The van der Waals surface area contributed by atoms with Crippen LogP contribution < -0.4 is 5.73 Å². The van der Waals surface area contributed by atoms with Crippen molar-refractivity contribution in [1.29, 1.82) is 0 Å². The second-order valence-electron chi connectivity index (χ2n) is 3.13. The Morgan fingerprint density at radius 2 is 2.25 bits per heavy atom. The van der Waals surface area contributed by atoms with Crippen molar-refractivity contribution in [3.63, 3.8) is 0 Å². The van der Waals surface area contributed by atoms with Crippen LogP contribution in [0.3, 0.4) is 0 Å². The Kier molecular flexibility index (Phi) is 2.89. The lowest BCUT2D eigenvalue weighted by molar-refractivity contribution is 0.276. The minimum Gasteiger partial charge on any atom is -0.396 e. The lowest BCUT2D eigenvalue weighted by Gasteiger charge is -2.10. The molecule has 0 aromatic carbocycles. The Morgan fingerprint density at radius 3 is 2.67 bits per heavy atom. The predicted octanol–water partition coefficient (Wildman–Crippen LogP) is 1.01. The van der Waals surface area contributed by atoms with Gasteiger partial charge >= 0.3 is 0 Å². The molecule has 1 rings (SSSR count). The maximum atomic E-state index is 8.73. The molecule has 0 saturated carbocycles. The van der Waals surface area contributed by atoms with Gasteiger partial charge in [-0.05, 0) is 31.4 Å². The summed E-state index contributed by atoms with van der Waals surface area (Å²) in [5, 5.41) is 8.73. The number of aliphatic hydroxyl groups is 1. The Morgan fingerprint density at radius 1 is 1.58 bits per heavy atom. The first-order valence-corrected chi connectivity index (χ1v) is 4.17. The highest BCUT2D eigenvalue weighted by molar-refractivity contribution is 5.31. The molecule has 3 nitrogen and oxygen atoms in total. The topological polar surface area (TPSA) is 62.0 Å². The molecule has 0 aliphatic heterocycles. The fourth-order valence-electron chi connectivity index (χ4n) is 1.52. The molecule has 1 unspecified atom stereocenters. The molecule has 1 heterocycles. The van der Waals surface area contributed by atoms with E-state index in [9.17, 15) is 0 Å². The average Bonchev–Trinajstić information content (AvgIpc) is 2.32. The Balaban J connectivity index is 2.85. The van der Waals surface area contributed by atoms with E-state index in [2.05, 4.69) is 4.98 Å². The highest BCUT2D eigenvalue weighted by Crippen LogP contribution is 2.21. The van der Waals surface area contributed by atoms with Crippen molar-refractivity contribution in [2.24, 2.45) is 5.73 Å². The minimum atomic E-state index is -0.0405. The number of nitrogens with one attached hydrogen (secondary N) is 1. The molecule has 1 aromatic heterocycles. The summed E-state index contributed by atoms with van der Waals surface area (Å²) in [6.07, 6.45) is 2.57. The van der Waals surface area contributed by atoms with Gasteiger partial charge in [0.05, 0.1) is 0 Å². The van der Waals surface area contributed by atoms with Crippen LogP contribution in [0.15, 0.2) is 6.20 Å². The molecule has 0 saturated heterocycles. The predicted molar refractivity (Wildman–Crippen MR) is 48.9 cm³/mol. The molecule has 4 N–H and O–H groups in total. The van der Waals surface area contributed by atoms with E-state index in [0.717, 1.165) is 11.3 Å². The maximum absolute atomic E-state index is 8.73. The standard InChI is InChI=1S/C9H16N2O/c1-6-5-11-7(2)9(6)8(10)3-4-12/h5,8,11-12H,3-4,10H2,1-2H3. The molecular weight excluding hydrogens is 152 g/mol. The van der Waals surface area contributed by atoms with Gasteiger partial charge in [-0.3, -0.25) is 0 Å². The normalized spacial score (nSPS) is 13.3. The summed E-state index contributed by atoms with van der Waals surface area (Å²) in [7, 11) is 0. The first-order valence-electron chi connectivity index (χ1n) is 4.17. The van der Waals surface area contributed by atoms with E-state index in [1.165, 1.54) is 5.56 Å². The van der Waals surface area contributed by atoms with Crippen LogP contribution >= 0.6 is 0 Å². The van der Waals surface area contributed by atoms with Gasteiger partial charge in [0.15, 0.2) is 0 Å². The van der Waals surface area contributed by atoms with Crippen LogP contribution in [0.5, 0.6) is 0 Å². The van der Waals surface area contributed by atoms with Crippen LogP contribution in [0.25, 0.3) is 0 Å². The lowest BCUT2D eigenvalue weighted by Crippen LogP contribution is -2.13. The zero-order valence-electron chi connectivity index (χ0n) is 7.59. The third-order valence-electron chi connectivity index (χ3n) is 2.14. The molecule has 0 radical (unpaired) electrons. The zero-order chi connectivity index (χ0) is 9.14. The van der Waals surface area contributed by atoms with Crippen LogP contribution in [0.1, 0.15) is 29.3 Å². The molecular formula is C9H16N2O. The first-order chi connectivity index (χ1) is 5.66. The monoisotopic (exact) mass is 168 g/mol. The van der Waals surface area contributed by atoms with E-state index >= 15 is 0 Å². The van der Waals surface area contributed by atoms with Crippen LogP contribution in [0, 0.1) is 13.8 Å². The summed E-state index contributed by atoms with van der Waals surface area (Å²) in [4.78, 5) is 3.11. The molecule has 0 spiro atoms. The number of aliphatic hydroxyl groups excluding tert-OH is 1. The van der Waals surface area contributed by atoms with Crippen LogP contribution in [0.4, 0.5) is 0 Å². The van der Waals surface area contributed by atoms with E-state index in [0.29, 0.717) is 6.42 Å². The van der Waals surface area contributed by atoms with Gasteiger partial charge < -0.3 is 15.8 Å². The van der Waals surface area contributed by atoms with Crippen molar-refractivity contribution in [3.8, 4) is 0 Å². The van der Waals surface area contributed by atoms with Crippen molar-refractivity contribution in [2.45, 2.75) is 26.3 Å². The van der Waals surface area contributed by atoms with Crippen LogP contribution in [-0.4, -0.2) is 16.7 Å². The summed E-state index contributed by atoms with van der Waals surface area (Å²) in [5.74, 6) is 0. The molecule has 3 heteroatoms. The summed E-state index contributed by atoms with van der Waals surface area (Å²) in [6.45, 7) is 4.17. The second-order valence-corrected chi connectivity index (χ2v) is 3.13. The van der Waals surface area contributed by atoms with Crippen LogP contribution in [-0.2, 0) is 0 Å². The minimum absolute atomic E-state index is 0.0405. The number of aromatic nitrogens is 1. The van der Waals surface area contributed by atoms with E-state index in [-0.39, 0.29) is 12.6 Å². The van der Waals surface area contributed by atoms with Gasteiger partial charge in [-0.1, -0.05) is 0 Å². The van der Waals surface area contributed by atoms with Crippen molar-refractivity contribution >= 4 is 0 Å². The molecule has 0 amide bonds. The summed E-state index contributed by atoms with van der Waals surface area (Å²) in [6, 6.07) is -0.0405. The Labute approximate surface area is 72.6 Å². The number of nitrogens with two attached hydrogens (primary N) is 1. The summed E-state index contributed by atoms with van der Waals surface area (Å²) < 4.78 is 0. The van der Waals surface area contributed by atoms with E-state index in [4.69, 9.17) is 10.8 Å². The van der Waals surface area contributed by atoms with E-state index in [1.54, 1.807) is 0 Å². The molecule has 0 aliphatic rings. The SMILES string of the molecule is Cc1c[nH]c(C)c1C(N)CCO. The Bertz CT molecular complexity index is 236. The molecule has 68 valence electrons. The van der Waals surface area contributed by atoms with Gasteiger partial charge in [-0.2, -0.15) is 0 Å². The third kappa shape index (κ3) is 1.68. The van der Waals surface area contributed by atoms with Crippen LogP contribution in [0.2, 0.25) is 0 Å². The molecule has 0 fully saturated rings. The summed E-state index contributed by atoms with van der Waals surface area (Å²) >= 11 is 0. The molecule has 0 bridgehead atoms. The van der Waals surface area contributed by atoms with Gasteiger partial charge in [0.25, 0.3) is 0 Å². The highest BCUT2D eigenvalue weighted by atomic mass is 16.3. The summed E-state index contributed by atoms with van der Waals surface area (Å²) in [5.41, 5.74) is 9.29. The quantitative estimate of drug-likeness (QED) is 0.631. The highest BCUT2D eigenvalue weighted by Gasteiger charge is 2.11. The van der Waals surface area contributed by atoms with Crippen molar-refractivity contribution in [1.82, 2.24) is 4.98 Å². The van der Waals surface area contributed by atoms with Crippen molar-refractivity contribution in [2.75, 3.05) is 6.61 Å². The zero-order valence-corrected chi connectivity index (χ0v) is 7.59. The number of hydrogen-bond donors (Lipinski definition) is 3. The van der Waals surface area contributed by atoms with Crippen molar-refractivity contribution in [3.05, 3.63) is 23.0 Å². The molecule has 1 aromatic rings. The fraction of sp³-hybridized carbons (Fsp3) is 0.556. The first kappa shape index (κ1) is 9.29. The van der Waals surface area contributed by atoms with Gasteiger partial charge in [0.2, 0.25) is 0 Å². The molecule has 0 aliphatic carbocycles. The fourth-order valence-corrected chi connectivity index (χ4v) is 1.52. The van der Waals surface area contributed by atoms with Crippen molar-refractivity contribution < 1.29 is 5.11 Å². The largest absolute Gasteiger partial charge is 0.396 e. The number of H-pyrrole nitrogens is 1. The number of aryl methyl sites for hydroxylation is 2. The Hall–Kier alpha value is -0.800. The second kappa shape index (κ2) is 3.74. The van der Waals surface area contributed by atoms with E-state index < -0.39 is 0 Å². The average molecular weight is 168 g/mol. The van der Waals surface area contributed by atoms with E-state index in [1.807, 2.05) is 20.0 Å². The number of rotatable bonds is 3. The van der Waals surface area contributed by atoms with Gasteiger partial charge in [0, 0.05) is 24.5 Å². The van der Waals surface area contributed by atoms with Gasteiger partial charge in [0.1, 0.15) is 0 Å². The number of aromatic amines is 1. The molecule has 12 heavy (non-hydrogen) atoms. The number of hydrogen-bond acceptors (Lipinski definition) is 2. The lowest BCUT2D eigenvalue weighted by atomic mass is 10.0. The van der Waals surface area contributed by atoms with Gasteiger partial charge in [-0.25, -0.2) is 0 Å². The molecule has 1 atom stereocenters. The maximum Gasteiger partial charge on any atom is 0.0449 e.